The van der Waals surface area contributed by atoms with E-state index in [1.165, 1.54) is 0 Å². The van der Waals surface area contributed by atoms with Crippen LogP contribution in [0, 0.1) is 0 Å². The zero-order chi connectivity index (χ0) is 19.2. The molecule has 27 heavy (non-hydrogen) atoms. The van der Waals surface area contributed by atoms with E-state index in [1.807, 2.05) is 49.4 Å². The van der Waals surface area contributed by atoms with Crippen molar-refractivity contribution in [3.63, 3.8) is 0 Å². The van der Waals surface area contributed by atoms with E-state index in [4.69, 9.17) is 9.15 Å². The van der Waals surface area contributed by atoms with Crippen LogP contribution >= 0.6 is 0 Å². The molecule has 0 spiro atoms. The van der Waals surface area contributed by atoms with Gasteiger partial charge in [0.1, 0.15) is 5.75 Å². The Balaban J connectivity index is 1.89. The molecule has 1 atom stereocenters. The monoisotopic (exact) mass is 364 g/mol. The molecule has 5 nitrogen and oxygen atoms in total. The quantitative estimate of drug-likeness (QED) is 0.645. The fourth-order valence-corrected chi connectivity index (χ4v) is 2.98. The maximum atomic E-state index is 12.7. The lowest BCUT2D eigenvalue weighted by molar-refractivity contribution is 0.0938. The van der Waals surface area contributed by atoms with Crippen molar-refractivity contribution < 1.29 is 13.9 Å². The first kappa shape index (κ1) is 18.7. The fourth-order valence-electron chi connectivity index (χ4n) is 2.98. The summed E-state index contributed by atoms with van der Waals surface area (Å²) in [6.07, 6.45) is 3.62. The lowest BCUT2D eigenvalue weighted by Crippen LogP contribution is -2.32. The summed E-state index contributed by atoms with van der Waals surface area (Å²) in [6.45, 7) is 4.11. The zero-order valence-corrected chi connectivity index (χ0v) is 15.9. The molecule has 0 saturated heterocycles. The normalized spacial score (nSPS) is 11.8. The van der Waals surface area contributed by atoms with E-state index in [-0.39, 0.29) is 11.9 Å². The van der Waals surface area contributed by atoms with Crippen LogP contribution in [0.5, 0.6) is 5.75 Å². The van der Waals surface area contributed by atoms with Gasteiger partial charge in [0.15, 0.2) is 5.76 Å². The highest BCUT2D eigenvalue weighted by Gasteiger charge is 2.18. The molecule has 1 heterocycles. The molecule has 0 unspecified atom stereocenters. The maximum Gasteiger partial charge on any atom is 0.252 e. The summed E-state index contributed by atoms with van der Waals surface area (Å²) in [7, 11) is 1.62. The average molecular weight is 364 g/mol. The first-order valence-corrected chi connectivity index (χ1v) is 9.13. The van der Waals surface area contributed by atoms with Gasteiger partial charge in [0.05, 0.1) is 18.9 Å². The number of oxazole rings is 1. The fraction of sp³-hybridized carbons (Fsp3) is 0.273. The van der Waals surface area contributed by atoms with Crippen molar-refractivity contribution in [2.75, 3.05) is 7.11 Å². The lowest BCUT2D eigenvalue weighted by atomic mass is 10.1. The summed E-state index contributed by atoms with van der Waals surface area (Å²) in [5.74, 6) is 1.67. The van der Waals surface area contributed by atoms with Crippen LogP contribution in [0.2, 0.25) is 0 Å². The van der Waals surface area contributed by atoms with Crippen LogP contribution in [0.15, 0.2) is 59.1 Å². The predicted octanol–water partition coefficient (Wildman–Crippen LogP) is 4.94. The van der Waals surface area contributed by atoms with Gasteiger partial charge in [0, 0.05) is 17.2 Å². The first-order valence-electron chi connectivity index (χ1n) is 9.13. The Bertz CT molecular complexity index is 917. The zero-order valence-electron chi connectivity index (χ0n) is 15.9. The second-order valence-electron chi connectivity index (χ2n) is 6.47. The lowest BCUT2D eigenvalue weighted by Gasteiger charge is -2.14. The van der Waals surface area contributed by atoms with Crippen molar-refractivity contribution in [3.05, 3.63) is 60.3 Å². The first-order chi connectivity index (χ1) is 13.1. The minimum Gasteiger partial charge on any atom is -0.497 e. The molecule has 140 valence electrons. The molecule has 0 aliphatic carbocycles. The largest absolute Gasteiger partial charge is 0.497 e. The summed E-state index contributed by atoms with van der Waals surface area (Å²) in [5, 5.41) is 3.04. The van der Waals surface area contributed by atoms with Gasteiger partial charge in [-0.25, -0.2) is 4.98 Å². The summed E-state index contributed by atoms with van der Waals surface area (Å²) < 4.78 is 11.2. The number of nitrogens with zero attached hydrogens (tertiary/aromatic N) is 1. The molecule has 0 aliphatic heterocycles. The molecule has 0 bridgehead atoms. The summed E-state index contributed by atoms with van der Waals surface area (Å²) in [5.41, 5.74) is 2.10. The third kappa shape index (κ3) is 4.37. The predicted molar refractivity (Wildman–Crippen MR) is 106 cm³/mol. The Morgan fingerprint density at radius 2 is 2.04 bits per heavy atom. The molecule has 3 rings (SSSR count). The van der Waals surface area contributed by atoms with Crippen molar-refractivity contribution in [1.82, 2.24) is 10.3 Å². The van der Waals surface area contributed by atoms with Crippen molar-refractivity contribution in [2.24, 2.45) is 0 Å². The third-order valence-electron chi connectivity index (χ3n) is 4.36. The van der Waals surface area contributed by atoms with E-state index in [2.05, 4.69) is 17.2 Å². The second kappa shape index (κ2) is 8.54. The van der Waals surface area contributed by atoms with Gasteiger partial charge in [0.25, 0.3) is 5.91 Å². The van der Waals surface area contributed by atoms with Crippen molar-refractivity contribution in [2.45, 2.75) is 32.7 Å². The molecule has 1 amide bonds. The number of benzene rings is 2. The van der Waals surface area contributed by atoms with Crippen LogP contribution in [0.4, 0.5) is 0 Å². The highest BCUT2D eigenvalue weighted by Crippen LogP contribution is 2.29. The van der Waals surface area contributed by atoms with Crippen LogP contribution < -0.4 is 10.1 Å². The number of amides is 1. The molecule has 0 fully saturated rings. The Hall–Kier alpha value is -3.08. The Kier molecular flexibility index (Phi) is 5.91. The summed E-state index contributed by atoms with van der Waals surface area (Å²) >= 11 is 0. The van der Waals surface area contributed by atoms with E-state index >= 15 is 0 Å². The number of nitrogens with one attached hydrogen (secondary N) is 1. The highest BCUT2D eigenvalue weighted by molar-refractivity contribution is 6.00. The third-order valence-corrected chi connectivity index (χ3v) is 4.36. The van der Waals surface area contributed by atoms with E-state index < -0.39 is 0 Å². The molecular formula is C22H24N2O3. The van der Waals surface area contributed by atoms with Crippen molar-refractivity contribution in [1.29, 1.82) is 0 Å². The van der Waals surface area contributed by atoms with E-state index in [1.54, 1.807) is 19.4 Å². The standard InChI is InChI=1S/C22H24N2O3/c1-4-8-15(2)24-21(25)18-11-5-6-12-19(18)22-23-14-20(27-22)16-9-7-10-17(13-16)26-3/h5-7,9-15H,4,8H2,1-3H3,(H,24,25)/t15-/m1/s1. The number of carbonyl (C=O) groups excluding carboxylic acids is 1. The molecule has 3 aromatic rings. The van der Waals surface area contributed by atoms with Gasteiger partial charge in [-0.1, -0.05) is 37.6 Å². The number of hydrogen-bond acceptors (Lipinski definition) is 4. The SMILES string of the molecule is CCC[C@@H](C)NC(=O)c1ccccc1-c1ncc(-c2cccc(OC)c2)o1. The van der Waals surface area contributed by atoms with Gasteiger partial charge < -0.3 is 14.5 Å². The average Bonchev–Trinajstić information content (AvgIpc) is 3.18. The topological polar surface area (TPSA) is 64.4 Å². The molecule has 2 aromatic carbocycles. The highest BCUT2D eigenvalue weighted by atomic mass is 16.5. The molecule has 5 heteroatoms. The Morgan fingerprint density at radius 1 is 1.22 bits per heavy atom. The van der Waals surface area contributed by atoms with Crippen LogP contribution in [0.3, 0.4) is 0 Å². The van der Waals surface area contributed by atoms with Gasteiger partial charge in [-0.3, -0.25) is 4.79 Å². The molecular weight excluding hydrogens is 340 g/mol. The van der Waals surface area contributed by atoms with Crippen LogP contribution in [-0.4, -0.2) is 24.0 Å². The molecule has 1 aromatic heterocycles. The van der Waals surface area contributed by atoms with E-state index in [0.29, 0.717) is 22.8 Å². The number of ether oxygens (including phenoxy) is 1. The number of methoxy groups -OCH3 is 1. The van der Waals surface area contributed by atoms with Gasteiger partial charge in [-0.2, -0.15) is 0 Å². The maximum absolute atomic E-state index is 12.7. The van der Waals surface area contributed by atoms with Crippen LogP contribution in [-0.2, 0) is 0 Å². The molecule has 0 radical (unpaired) electrons. The molecule has 0 aliphatic rings. The molecule has 0 saturated carbocycles. The number of hydrogen-bond donors (Lipinski definition) is 1. The second-order valence-corrected chi connectivity index (χ2v) is 6.47. The van der Waals surface area contributed by atoms with Crippen LogP contribution in [0.25, 0.3) is 22.8 Å². The number of aromatic nitrogens is 1. The van der Waals surface area contributed by atoms with Crippen LogP contribution in [0.1, 0.15) is 37.0 Å². The Morgan fingerprint density at radius 3 is 2.81 bits per heavy atom. The minimum absolute atomic E-state index is 0.118. The Labute approximate surface area is 159 Å². The van der Waals surface area contributed by atoms with Gasteiger partial charge in [0.2, 0.25) is 5.89 Å². The van der Waals surface area contributed by atoms with Crippen molar-refractivity contribution >= 4 is 5.91 Å². The minimum atomic E-state index is -0.118. The van der Waals surface area contributed by atoms with Gasteiger partial charge in [-0.05, 0) is 37.6 Å². The van der Waals surface area contributed by atoms with Gasteiger partial charge >= 0.3 is 0 Å². The van der Waals surface area contributed by atoms with Gasteiger partial charge in [-0.15, -0.1) is 0 Å². The van der Waals surface area contributed by atoms with E-state index in [9.17, 15) is 4.79 Å². The number of carbonyl (C=O) groups is 1. The smallest absolute Gasteiger partial charge is 0.252 e. The molecule has 1 N–H and O–H groups in total. The number of rotatable bonds is 7. The van der Waals surface area contributed by atoms with E-state index in [0.717, 1.165) is 24.2 Å². The summed E-state index contributed by atoms with van der Waals surface area (Å²) in [4.78, 5) is 17.1. The van der Waals surface area contributed by atoms with Crippen molar-refractivity contribution in [3.8, 4) is 28.5 Å². The summed E-state index contributed by atoms with van der Waals surface area (Å²) in [6, 6.07) is 15.1.